The topological polar surface area (TPSA) is 172 Å². The molecule has 0 aliphatic carbocycles. The van der Waals surface area contributed by atoms with E-state index < -0.39 is 37.2 Å². The fourth-order valence-electron chi connectivity index (χ4n) is 2.46. The van der Waals surface area contributed by atoms with E-state index in [-0.39, 0.29) is 43.2 Å². The fourth-order valence-corrected chi connectivity index (χ4v) is 2.46. The summed E-state index contributed by atoms with van der Waals surface area (Å²) >= 11 is 0. The smallest absolute Gasteiger partial charge is 0.550 e. The van der Waals surface area contributed by atoms with Crippen LogP contribution in [0.15, 0.2) is 0 Å². The molecule has 0 aromatic carbocycles. The second kappa shape index (κ2) is 29.3. The first kappa shape index (κ1) is 39.5. The molecule has 0 bridgehead atoms. The van der Waals surface area contributed by atoms with Gasteiger partial charge in [0.1, 0.15) is 17.3 Å². The third-order valence-electron chi connectivity index (χ3n) is 4.20. The minimum atomic E-state index is -1.27. The largest absolute Gasteiger partial charge is 3.00 e. The molecule has 0 aliphatic rings. The summed E-state index contributed by atoms with van der Waals surface area (Å²) in [5.41, 5.74) is 0. The summed E-state index contributed by atoms with van der Waals surface area (Å²) in [5, 5.41) is 29.7. The van der Waals surface area contributed by atoms with Gasteiger partial charge in [-0.1, -0.05) is 59.3 Å². The molecule has 192 valence electrons. The van der Waals surface area contributed by atoms with Gasteiger partial charge in [-0.05, 0) is 19.3 Å². The Labute approximate surface area is 221 Å². The van der Waals surface area contributed by atoms with Crippen LogP contribution < -0.4 is 15.3 Å². The number of hydrogen-bond acceptors (Lipinski definition) is 9. The molecule has 0 aliphatic heterocycles. The van der Waals surface area contributed by atoms with Gasteiger partial charge in [0, 0.05) is 56.4 Å². The summed E-state index contributed by atoms with van der Waals surface area (Å²) in [7, 11) is 0. The van der Waals surface area contributed by atoms with Crippen LogP contribution in [0.5, 0.6) is 0 Å². The van der Waals surface area contributed by atoms with Crippen molar-refractivity contribution in [1.29, 1.82) is 0 Å². The molecular formula is C24H39InO9. The molecule has 0 atom stereocenters. The molecule has 9 nitrogen and oxygen atoms in total. The molecule has 34 heavy (non-hydrogen) atoms. The Morgan fingerprint density at radius 3 is 0.794 bits per heavy atom. The zero-order valence-corrected chi connectivity index (χ0v) is 24.2. The molecule has 10 heteroatoms. The summed E-state index contributed by atoms with van der Waals surface area (Å²) in [6, 6.07) is 0. The van der Waals surface area contributed by atoms with Crippen molar-refractivity contribution in [2.24, 2.45) is 0 Å². The molecule has 0 unspecified atom stereocenters. The Bertz CT molecular complexity index is 508. The monoisotopic (exact) mass is 586 g/mol. The molecule has 0 aromatic heterocycles. The maximum atomic E-state index is 10.7. The van der Waals surface area contributed by atoms with Gasteiger partial charge in [-0.25, -0.2) is 0 Å². The predicted octanol–water partition coefficient (Wildman–Crippen LogP) is 0.447. The van der Waals surface area contributed by atoms with Crippen molar-refractivity contribution in [3.8, 4) is 0 Å². The molecule has 0 saturated carbocycles. The summed E-state index contributed by atoms with van der Waals surface area (Å²) in [6.07, 6.45) is 8.31. The molecule has 0 amide bonds. The Morgan fingerprint density at radius 1 is 0.441 bits per heavy atom. The van der Waals surface area contributed by atoms with Crippen LogP contribution in [0.4, 0.5) is 0 Å². The zero-order valence-electron chi connectivity index (χ0n) is 20.9. The molecule has 0 rings (SSSR count). The standard InChI is InChI=1S/3C8H14O3.In/c3*1-2-3-4-5-7(9)6-8(10)11;/h3*2-6H2,1H3,(H,10,11);/q;;;+3/p-3. The molecule has 0 fully saturated rings. The number of carboxylic acid groups (broad SMARTS) is 3. The van der Waals surface area contributed by atoms with Crippen molar-refractivity contribution in [2.45, 2.75) is 117 Å². The first-order chi connectivity index (χ1) is 15.5. The van der Waals surface area contributed by atoms with E-state index in [9.17, 15) is 44.1 Å². The number of rotatable bonds is 18. The molecule has 0 heterocycles. The normalized spacial score (nSPS) is 9.26. The fraction of sp³-hybridized carbons (Fsp3) is 0.750. The minimum absolute atomic E-state index is 0. The number of hydrogen-bond donors (Lipinski definition) is 0. The Hall–Kier alpha value is -1.71. The Kier molecular flexibility index (Phi) is 34.1. The van der Waals surface area contributed by atoms with Gasteiger partial charge in [0.2, 0.25) is 0 Å². The van der Waals surface area contributed by atoms with E-state index in [4.69, 9.17) is 0 Å². The maximum absolute atomic E-state index is 10.7. The molecule has 0 aromatic rings. The van der Waals surface area contributed by atoms with Gasteiger partial charge < -0.3 is 29.7 Å². The number of carbonyl (C=O) groups is 6. The van der Waals surface area contributed by atoms with Crippen LogP contribution in [0, 0.1) is 0 Å². The van der Waals surface area contributed by atoms with Crippen molar-refractivity contribution >= 4 is 61.1 Å². The quantitative estimate of drug-likeness (QED) is 0.163. The van der Waals surface area contributed by atoms with Gasteiger partial charge in [-0.15, -0.1) is 0 Å². The first-order valence-corrected chi connectivity index (χ1v) is 11.6. The number of carbonyl (C=O) groups excluding carboxylic acids is 6. The number of unbranched alkanes of at least 4 members (excludes halogenated alkanes) is 6. The van der Waals surface area contributed by atoms with Crippen LogP contribution in [-0.2, 0) is 28.8 Å². The third-order valence-corrected chi connectivity index (χ3v) is 4.20. The molecule has 0 saturated heterocycles. The Balaban J connectivity index is -0.000000196. The van der Waals surface area contributed by atoms with Crippen LogP contribution >= 0.6 is 0 Å². The first-order valence-electron chi connectivity index (χ1n) is 11.6. The van der Waals surface area contributed by atoms with E-state index >= 15 is 0 Å². The number of Topliss-reactive ketones (excluding diaryl/α,β-unsaturated/α-hetero) is 3. The van der Waals surface area contributed by atoms with Gasteiger partial charge in [0.15, 0.2) is 0 Å². The summed E-state index contributed by atoms with van der Waals surface area (Å²) in [6.45, 7) is 6.09. The summed E-state index contributed by atoms with van der Waals surface area (Å²) < 4.78 is 0. The van der Waals surface area contributed by atoms with Gasteiger partial charge in [-0.2, -0.15) is 0 Å². The van der Waals surface area contributed by atoms with E-state index in [2.05, 4.69) is 0 Å². The van der Waals surface area contributed by atoms with Gasteiger partial charge in [0.05, 0.1) is 0 Å². The second-order valence-electron chi connectivity index (χ2n) is 7.63. The van der Waals surface area contributed by atoms with Crippen molar-refractivity contribution in [1.82, 2.24) is 0 Å². The van der Waals surface area contributed by atoms with Gasteiger partial charge in [-0.3, -0.25) is 14.4 Å². The van der Waals surface area contributed by atoms with Crippen LogP contribution in [-0.4, -0.2) is 61.1 Å². The van der Waals surface area contributed by atoms with Crippen LogP contribution in [0.25, 0.3) is 0 Å². The van der Waals surface area contributed by atoms with Gasteiger partial charge in [0.25, 0.3) is 0 Å². The van der Waals surface area contributed by atoms with Crippen molar-refractivity contribution < 1.29 is 44.1 Å². The molecule has 0 spiro atoms. The predicted molar refractivity (Wildman–Crippen MR) is 122 cm³/mol. The van der Waals surface area contributed by atoms with E-state index in [0.717, 1.165) is 57.8 Å². The zero-order chi connectivity index (χ0) is 26.1. The van der Waals surface area contributed by atoms with Crippen LogP contribution in [0.3, 0.4) is 0 Å². The van der Waals surface area contributed by atoms with Crippen molar-refractivity contribution in [3.05, 3.63) is 0 Å². The third kappa shape index (κ3) is 40.6. The maximum Gasteiger partial charge on any atom is 3.00 e. The average Bonchev–Trinajstić information content (AvgIpc) is 2.68. The van der Waals surface area contributed by atoms with Crippen molar-refractivity contribution in [3.63, 3.8) is 0 Å². The number of aliphatic carboxylic acids is 3. The summed E-state index contributed by atoms with van der Waals surface area (Å²) in [5.74, 6) is -4.49. The van der Waals surface area contributed by atoms with Gasteiger partial charge >= 0.3 is 25.8 Å². The Morgan fingerprint density at radius 2 is 0.647 bits per heavy atom. The second-order valence-corrected chi connectivity index (χ2v) is 7.63. The van der Waals surface area contributed by atoms with E-state index in [0.29, 0.717) is 19.3 Å². The number of ketones is 3. The number of carboxylic acids is 3. The molecular weight excluding hydrogens is 547 g/mol. The SMILES string of the molecule is CCCCCC(=O)CC(=O)[O-].CCCCCC(=O)CC(=O)[O-].CCCCCC(=O)CC(=O)[O-].[In+3]. The molecule has 0 N–H and O–H groups in total. The van der Waals surface area contributed by atoms with Crippen LogP contribution in [0.2, 0.25) is 0 Å². The van der Waals surface area contributed by atoms with Crippen molar-refractivity contribution in [2.75, 3.05) is 0 Å². The van der Waals surface area contributed by atoms with E-state index in [1.165, 1.54) is 0 Å². The minimum Gasteiger partial charge on any atom is -0.550 e. The molecule has 0 radical (unpaired) electrons. The van der Waals surface area contributed by atoms with E-state index in [1.807, 2.05) is 20.8 Å². The van der Waals surface area contributed by atoms with E-state index in [1.54, 1.807) is 0 Å². The summed E-state index contributed by atoms with van der Waals surface area (Å²) in [4.78, 5) is 61.9. The van der Waals surface area contributed by atoms with Crippen LogP contribution in [0.1, 0.15) is 117 Å². The average molecular weight is 586 g/mol.